The van der Waals surface area contributed by atoms with Crippen molar-refractivity contribution in [1.29, 1.82) is 0 Å². The maximum Gasteiger partial charge on any atom is 0.472 e. The van der Waals surface area contributed by atoms with Gasteiger partial charge >= 0.3 is 7.82 Å². The van der Waals surface area contributed by atoms with Crippen LogP contribution < -0.4 is 0 Å². The van der Waals surface area contributed by atoms with Gasteiger partial charge in [-0.3, -0.25) is 9.05 Å². The van der Waals surface area contributed by atoms with Gasteiger partial charge in [0.2, 0.25) is 0 Å². The van der Waals surface area contributed by atoms with Gasteiger partial charge in [-0.1, -0.05) is 90.9 Å². The van der Waals surface area contributed by atoms with Crippen LogP contribution in [0.2, 0.25) is 0 Å². The van der Waals surface area contributed by atoms with Crippen molar-refractivity contribution in [3.05, 3.63) is 0 Å². The second-order valence-electron chi connectivity index (χ2n) is 9.41. The first kappa shape index (κ1) is 33.0. The average molecular weight is 525 g/mol. The van der Waals surface area contributed by atoms with Crippen LogP contribution >= 0.6 is 7.82 Å². The molecule has 3 atom stereocenters. The number of hydrogen-bond acceptors (Lipinski definition) is 7. The van der Waals surface area contributed by atoms with Gasteiger partial charge in [0.05, 0.1) is 65.1 Å². The highest BCUT2D eigenvalue weighted by Crippen LogP contribution is 2.47. The van der Waals surface area contributed by atoms with E-state index in [1.807, 2.05) is 0 Å². The van der Waals surface area contributed by atoms with Gasteiger partial charge in [0.15, 0.2) is 0 Å². The van der Waals surface area contributed by atoms with Crippen molar-refractivity contribution < 1.29 is 37.5 Å². The summed E-state index contributed by atoms with van der Waals surface area (Å²) in [4.78, 5) is 10.6. The molecular formula is C26H53O8P. The first-order chi connectivity index (χ1) is 17.1. The Hall–Kier alpha value is -0.0500. The smallest absolute Gasteiger partial charge is 0.377 e. The van der Waals surface area contributed by atoms with Crippen LogP contribution in [-0.2, 0) is 32.6 Å². The third-order valence-electron chi connectivity index (χ3n) is 6.05. The molecule has 0 aliphatic carbocycles. The van der Waals surface area contributed by atoms with E-state index in [9.17, 15) is 9.46 Å². The lowest BCUT2D eigenvalue weighted by molar-refractivity contribution is -0.0162. The summed E-state index contributed by atoms with van der Waals surface area (Å²) in [5, 5.41) is 0. The Morgan fingerprint density at radius 3 is 1.31 bits per heavy atom. The molecule has 0 aromatic heterocycles. The third-order valence-corrected chi connectivity index (χ3v) is 7.18. The second kappa shape index (κ2) is 23.1. The minimum atomic E-state index is -4.26. The van der Waals surface area contributed by atoms with Crippen molar-refractivity contribution in [3.63, 3.8) is 0 Å². The first-order valence-electron chi connectivity index (χ1n) is 14.1. The fourth-order valence-electron chi connectivity index (χ4n) is 4.03. The van der Waals surface area contributed by atoms with Gasteiger partial charge < -0.3 is 23.8 Å². The van der Waals surface area contributed by atoms with Gasteiger partial charge in [0.1, 0.15) is 0 Å². The number of phosphoric acid groups is 1. The van der Waals surface area contributed by atoms with E-state index in [1.54, 1.807) is 0 Å². The van der Waals surface area contributed by atoms with Crippen molar-refractivity contribution in [2.24, 2.45) is 0 Å². The van der Waals surface area contributed by atoms with Gasteiger partial charge in [-0.05, 0) is 12.8 Å². The molecule has 9 heteroatoms. The fraction of sp³-hybridized carbons (Fsp3) is 1.00. The van der Waals surface area contributed by atoms with E-state index in [0.717, 1.165) is 25.7 Å². The summed E-state index contributed by atoms with van der Waals surface area (Å²) in [5.74, 6) is 0. The van der Waals surface area contributed by atoms with Gasteiger partial charge in [-0.15, -0.1) is 0 Å². The molecule has 0 saturated carbocycles. The molecule has 1 N–H and O–H groups in total. The van der Waals surface area contributed by atoms with E-state index >= 15 is 0 Å². The van der Waals surface area contributed by atoms with Crippen LogP contribution in [0.25, 0.3) is 0 Å². The summed E-state index contributed by atoms with van der Waals surface area (Å²) in [6, 6.07) is 0. The molecule has 1 aliphatic heterocycles. The molecule has 0 aromatic rings. The van der Waals surface area contributed by atoms with Gasteiger partial charge in [-0.25, -0.2) is 4.57 Å². The summed E-state index contributed by atoms with van der Waals surface area (Å²) in [5.41, 5.74) is 0. The molecule has 8 nitrogen and oxygen atoms in total. The average Bonchev–Trinajstić information content (AvgIpc) is 2.83. The van der Waals surface area contributed by atoms with E-state index in [-0.39, 0.29) is 13.2 Å². The van der Waals surface area contributed by atoms with Gasteiger partial charge in [0.25, 0.3) is 0 Å². The van der Waals surface area contributed by atoms with Crippen LogP contribution in [0.5, 0.6) is 0 Å². The number of phosphoric ester groups is 1. The summed E-state index contributed by atoms with van der Waals surface area (Å²) < 4.78 is 46.6. The predicted octanol–water partition coefficient (Wildman–Crippen LogP) is 6.44. The molecule has 1 saturated heterocycles. The molecular weight excluding hydrogens is 471 g/mol. The number of ether oxygens (including phenoxy) is 4. The topological polar surface area (TPSA) is 92.7 Å². The molecule has 1 aliphatic rings. The number of hydrogen-bond donors (Lipinski definition) is 1. The van der Waals surface area contributed by atoms with Crippen LogP contribution in [0.15, 0.2) is 0 Å². The molecule has 1 fully saturated rings. The highest BCUT2D eigenvalue weighted by molar-refractivity contribution is 7.47. The van der Waals surface area contributed by atoms with Crippen LogP contribution in [0, 0.1) is 0 Å². The van der Waals surface area contributed by atoms with Crippen molar-refractivity contribution in [1.82, 2.24) is 0 Å². The summed E-state index contributed by atoms with van der Waals surface area (Å²) in [6.45, 7) is 7.55. The SMILES string of the molecule is CCCCCCCCC1COCCOCCOCCOC[C@H](CCCCCCCC)OP(=O)(O)O1. The molecule has 1 rings (SSSR count). The molecule has 35 heavy (non-hydrogen) atoms. The minimum Gasteiger partial charge on any atom is -0.377 e. The standard InChI is InChI=1S/C26H53O8P/c1-3-5-7-9-11-13-15-25-23-31-21-19-29-17-18-30-20-22-32-24-26(34-35(27,28)33-25)16-14-12-10-8-6-4-2/h25-26H,3-24H2,1-2H3,(H,27,28)/t25-,26?/m0/s1. The van der Waals surface area contributed by atoms with E-state index in [4.69, 9.17) is 28.0 Å². The lowest BCUT2D eigenvalue weighted by Gasteiger charge is -2.25. The molecule has 0 spiro atoms. The Labute approximate surface area is 214 Å². The Bertz CT molecular complexity index is 468. The Morgan fingerprint density at radius 1 is 0.571 bits per heavy atom. The Kier molecular flexibility index (Phi) is 21.8. The molecule has 0 amide bonds. The van der Waals surface area contributed by atoms with Crippen LogP contribution in [-0.4, -0.2) is 70.0 Å². The van der Waals surface area contributed by atoms with Crippen LogP contribution in [0.1, 0.15) is 104 Å². The lowest BCUT2D eigenvalue weighted by atomic mass is 10.1. The lowest BCUT2D eigenvalue weighted by Crippen LogP contribution is -2.24. The van der Waals surface area contributed by atoms with E-state index in [1.165, 1.54) is 51.4 Å². The minimum absolute atomic E-state index is 0.237. The number of unbranched alkanes of at least 4 members (excludes halogenated alkanes) is 10. The summed E-state index contributed by atoms with van der Waals surface area (Å²) in [7, 11) is -4.26. The third kappa shape index (κ3) is 20.7. The second-order valence-corrected chi connectivity index (χ2v) is 10.8. The van der Waals surface area contributed by atoms with Gasteiger partial charge in [-0.2, -0.15) is 0 Å². The molecule has 0 aromatic carbocycles. The molecule has 1 heterocycles. The molecule has 0 radical (unpaired) electrons. The monoisotopic (exact) mass is 524 g/mol. The van der Waals surface area contributed by atoms with Crippen molar-refractivity contribution in [3.8, 4) is 0 Å². The van der Waals surface area contributed by atoms with Crippen molar-refractivity contribution in [2.75, 3.05) is 52.9 Å². The highest BCUT2D eigenvalue weighted by atomic mass is 31.2. The first-order valence-corrected chi connectivity index (χ1v) is 15.6. The number of rotatable bonds is 14. The van der Waals surface area contributed by atoms with E-state index in [0.29, 0.717) is 52.5 Å². The van der Waals surface area contributed by atoms with E-state index in [2.05, 4.69) is 13.8 Å². The summed E-state index contributed by atoms with van der Waals surface area (Å²) >= 11 is 0. The maximum atomic E-state index is 12.9. The molecule has 2 unspecified atom stereocenters. The van der Waals surface area contributed by atoms with Gasteiger partial charge in [0, 0.05) is 0 Å². The van der Waals surface area contributed by atoms with Crippen molar-refractivity contribution >= 4 is 7.82 Å². The Morgan fingerprint density at radius 2 is 0.914 bits per heavy atom. The fourth-order valence-corrected chi connectivity index (χ4v) is 5.16. The van der Waals surface area contributed by atoms with Crippen molar-refractivity contribution in [2.45, 2.75) is 116 Å². The van der Waals surface area contributed by atoms with Crippen LogP contribution in [0.3, 0.4) is 0 Å². The highest BCUT2D eigenvalue weighted by Gasteiger charge is 2.30. The normalized spacial score (nSPS) is 26.4. The predicted molar refractivity (Wildman–Crippen MR) is 139 cm³/mol. The molecule has 0 bridgehead atoms. The zero-order chi connectivity index (χ0) is 25.5. The zero-order valence-electron chi connectivity index (χ0n) is 22.5. The van der Waals surface area contributed by atoms with Crippen LogP contribution in [0.4, 0.5) is 0 Å². The molecule has 210 valence electrons. The zero-order valence-corrected chi connectivity index (χ0v) is 23.4. The quantitative estimate of drug-likeness (QED) is 0.205. The summed E-state index contributed by atoms with van der Waals surface area (Å²) in [6.07, 6.45) is 14.0. The Balaban J connectivity index is 2.63. The largest absolute Gasteiger partial charge is 0.472 e. The van der Waals surface area contributed by atoms with E-state index < -0.39 is 20.0 Å². The maximum absolute atomic E-state index is 12.9.